The van der Waals surface area contributed by atoms with E-state index in [-0.39, 0.29) is 35.6 Å². The Morgan fingerprint density at radius 3 is 2.47 bits per heavy atom. The summed E-state index contributed by atoms with van der Waals surface area (Å²) in [7, 11) is 1.50. The van der Waals surface area contributed by atoms with Gasteiger partial charge < -0.3 is 0 Å². The predicted octanol–water partition coefficient (Wildman–Crippen LogP) is 4.94. The highest BCUT2D eigenvalue weighted by atomic mass is 19.4. The van der Waals surface area contributed by atoms with Crippen molar-refractivity contribution in [3.63, 3.8) is 0 Å². The van der Waals surface area contributed by atoms with E-state index in [1.807, 2.05) is 0 Å². The van der Waals surface area contributed by atoms with Gasteiger partial charge in [-0.25, -0.2) is 23.1 Å². The van der Waals surface area contributed by atoms with Gasteiger partial charge in [-0.2, -0.15) is 18.0 Å². The van der Waals surface area contributed by atoms with Crippen LogP contribution >= 0.6 is 0 Å². The van der Waals surface area contributed by atoms with E-state index >= 15 is 0 Å². The number of tetrazole rings is 1. The number of aromatic nitrogens is 6. The van der Waals surface area contributed by atoms with E-state index in [0.29, 0.717) is 12.4 Å². The molecule has 3 aromatic rings. The number of Topliss-reactive ketones (excluding diaryl/α,β-unsaturated/α-hetero) is 1. The molecule has 7 nitrogen and oxygen atoms in total. The van der Waals surface area contributed by atoms with Crippen LogP contribution in [0.25, 0.3) is 11.4 Å². The molecule has 1 unspecified atom stereocenters. The molecule has 3 atom stereocenters. The molecule has 0 spiro atoms. The van der Waals surface area contributed by atoms with Gasteiger partial charge in [-0.3, -0.25) is 4.79 Å². The van der Waals surface area contributed by atoms with Crippen molar-refractivity contribution in [2.24, 2.45) is 24.8 Å². The average molecular weight is 512 g/mol. The first-order valence-corrected chi connectivity index (χ1v) is 11.2. The molecule has 36 heavy (non-hydrogen) atoms. The second kappa shape index (κ2) is 9.58. The fourth-order valence-electron chi connectivity index (χ4n) is 4.78. The van der Waals surface area contributed by atoms with E-state index < -0.39 is 59.9 Å². The number of nitrogens with zero attached hydrogens (tertiary/aromatic N) is 6. The highest BCUT2D eigenvalue weighted by Crippen LogP contribution is 2.47. The Kier molecular flexibility index (Phi) is 6.84. The molecular weight excluding hydrogens is 490 g/mol. The lowest BCUT2D eigenvalue weighted by atomic mass is 9.66. The molecule has 0 saturated heterocycles. The summed E-state index contributed by atoms with van der Waals surface area (Å²) < 4.78 is 81.6. The van der Waals surface area contributed by atoms with Gasteiger partial charge >= 0.3 is 6.18 Å². The number of benzene rings is 1. The largest absolute Gasteiger partial charge is 0.419 e. The van der Waals surface area contributed by atoms with Crippen LogP contribution in [0.1, 0.15) is 47.9 Å². The minimum Gasteiger partial charge on any atom is -0.294 e. The van der Waals surface area contributed by atoms with Crippen molar-refractivity contribution in [1.82, 2.24) is 30.2 Å². The first kappa shape index (κ1) is 25.7. The van der Waals surface area contributed by atoms with Gasteiger partial charge in [0, 0.05) is 48.7 Å². The minimum atomic E-state index is -4.58. The number of rotatable bonds is 6. The zero-order chi connectivity index (χ0) is 26.3. The number of halogens is 6. The van der Waals surface area contributed by atoms with Crippen molar-refractivity contribution < 1.29 is 31.1 Å². The molecule has 1 aromatic carbocycles. The Hall–Kier alpha value is -3.38. The van der Waals surface area contributed by atoms with Crippen molar-refractivity contribution in [1.29, 1.82) is 0 Å². The van der Waals surface area contributed by atoms with E-state index in [4.69, 9.17) is 0 Å². The molecule has 2 aromatic heterocycles. The fraction of sp³-hybridized carbons (Fsp3) is 0.478. The smallest absolute Gasteiger partial charge is 0.294 e. The van der Waals surface area contributed by atoms with E-state index in [2.05, 4.69) is 25.4 Å². The van der Waals surface area contributed by atoms with Gasteiger partial charge in [0.15, 0.2) is 5.78 Å². The van der Waals surface area contributed by atoms with Gasteiger partial charge in [0.2, 0.25) is 11.7 Å². The maximum absolute atomic E-state index is 14.6. The van der Waals surface area contributed by atoms with Crippen molar-refractivity contribution in [2.45, 2.75) is 44.7 Å². The predicted molar refractivity (Wildman–Crippen MR) is 114 cm³/mol. The fourth-order valence-corrected chi connectivity index (χ4v) is 4.78. The quantitative estimate of drug-likeness (QED) is 0.344. The average Bonchev–Trinajstić information content (AvgIpc) is 3.22. The number of aryl methyl sites for hydroxylation is 2. The molecule has 0 amide bonds. The summed E-state index contributed by atoms with van der Waals surface area (Å²) in [6, 6.07) is 3.39. The number of hydrogen-bond donors (Lipinski definition) is 0. The molecule has 1 saturated carbocycles. The van der Waals surface area contributed by atoms with Gasteiger partial charge in [0.1, 0.15) is 11.6 Å². The first-order valence-electron chi connectivity index (χ1n) is 11.2. The second-order valence-corrected chi connectivity index (χ2v) is 9.09. The standard InChI is InChI=1S/C23H22F6N6O/c1-12-8-22(25,26)9-18(15(12)5-6-19-30-10-13(11-31-19)23(27,28)29)20(36)17-7-14(24)3-4-16(17)21-32-34-35(2)33-21/h3-4,7,10-12,15,18H,5-6,8-9H2,1-2H3/t12-,15-,18?/m1/s1. The summed E-state index contributed by atoms with van der Waals surface area (Å²) in [5.41, 5.74) is -0.962. The van der Waals surface area contributed by atoms with Crippen LogP contribution in [-0.4, -0.2) is 41.9 Å². The molecule has 2 heterocycles. The minimum absolute atomic E-state index is 0.0474. The SMILES string of the molecule is C[C@@H]1CC(F)(F)CC(C(=O)c2cc(F)ccc2-c2nnn(C)n2)[C@@H]1CCc1ncc(C(F)(F)F)cn1. The van der Waals surface area contributed by atoms with E-state index in [9.17, 15) is 31.1 Å². The molecule has 1 aliphatic rings. The number of alkyl halides is 5. The zero-order valence-corrected chi connectivity index (χ0v) is 19.3. The summed E-state index contributed by atoms with van der Waals surface area (Å²) in [5, 5.41) is 11.6. The molecular formula is C23H22F6N6O. The van der Waals surface area contributed by atoms with E-state index in [1.165, 1.54) is 13.1 Å². The van der Waals surface area contributed by atoms with Crippen LogP contribution in [0.5, 0.6) is 0 Å². The van der Waals surface area contributed by atoms with Crippen LogP contribution in [-0.2, 0) is 19.6 Å². The van der Waals surface area contributed by atoms with Crippen molar-refractivity contribution >= 4 is 5.78 Å². The number of carbonyl (C=O) groups is 1. The zero-order valence-electron chi connectivity index (χ0n) is 19.3. The molecule has 192 valence electrons. The van der Waals surface area contributed by atoms with Crippen LogP contribution in [0.3, 0.4) is 0 Å². The van der Waals surface area contributed by atoms with Crippen LogP contribution in [0.15, 0.2) is 30.6 Å². The molecule has 1 fully saturated rings. The molecule has 1 aliphatic carbocycles. The number of ketones is 1. The van der Waals surface area contributed by atoms with Crippen LogP contribution in [0.4, 0.5) is 26.3 Å². The van der Waals surface area contributed by atoms with Gasteiger partial charge in [0.25, 0.3) is 0 Å². The van der Waals surface area contributed by atoms with E-state index in [1.54, 1.807) is 6.92 Å². The Bertz CT molecular complexity index is 1240. The molecule has 0 aliphatic heterocycles. The summed E-state index contributed by atoms with van der Waals surface area (Å²) in [5.74, 6) is -6.69. The summed E-state index contributed by atoms with van der Waals surface area (Å²) in [4.78, 5) is 22.3. The highest BCUT2D eigenvalue weighted by molar-refractivity contribution is 6.03. The lowest BCUT2D eigenvalue weighted by Crippen LogP contribution is -2.42. The van der Waals surface area contributed by atoms with Crippen molar-refractivity contribution in [3.05, 3.63) is 53.4 Å². The number of hydrogen-bond acceptors (Lipinski definition) is 6. The van der Waals surface area contributed by atoms with Crippen LogP contribution in [0.2, 0.25) is 0 Å². The Morgan fingerprint density at radius 1 is 1.17 bits per heavy atom. The molecule has 13 heteroatoms. The monoisotopic (exact) mass is 512 g/mol. The summed E-state index contributed by atoms with van der Waals surface area (Å²) in [6.45, 7) is 1.60. The van der Waals surface area contributed by atoms with Gasteiger partial charge in [-0.1, -0.05) is 6.92 Å². The topological polar surface area (TPSA) is 86.5 Å². The Balaban J connectivity index is 1.63. The highest BCUT2D eigenvalue weighted by Gasteiger charge is 2.48. The van der Waals surface area contributed by atoms with Crippen LogP contribution in [0, 0.1) is 23.6 Å². The number of carbonyl (C=O) groups excluding carboxylic acids is 1. The third-order valence-corrected chi connectivity index (χ3v) is 6.45. The van der Waals surface area contributed by atoms with Crippen molar-refractivity contribution in [2.75, 3.05) is 0 Å². The lowest BCUT2D eigenvalue weighted by Gasteiger charge is -2.40. The first-order chi connectivity index (χ1) is 16.8. The molecule has 4 rings (SSSR count). The van der Waals surface area contributed by atoms with E-state index in [0.717, 1.165) is 16.9 Å². The lowest BCUT2D eigenvalue weighted by molar-refractivity contribution is -0.138. The maximum atomic E-state index is 14.6. The van der Waals surface area contributed by atoms with Gasteiger partial charge in [0.05, 0.1) is 12.6 Å². The molecule has 0 bridgehead atoms. The third kappa shape index (κ3) is 5.54. The van der Waals surface area contributed by atoms with Crippen LogP contribution < -0.4 is 0 Å². The molecule has 0 N–H and O–H groups in total. The molecule has 0 radical (unpaired) electrons. The van der Waals surface area contributed by atoms with Gasteiger partial charge in [-0.15, -0.1) is 10.2 Å². The van der Waals surface area contributed by atoms with Gasteiger partial charge in [-0.05, 0) is 41.7 Å². The summed E-state index contributed by atoms with van der Waals surface area (Å²) >= 11 is 0. The Labute approximate surface area is 201 Å². The maximum Gasteiger partial charge on any atom is 0.419 e. The third-order valence-electron chi connectivity index (χ3n) is 6.45. The summed E-state index contributed by atoms with van der Waals surface area (Å²) in [6.07, 6.45) is -4.17. The normalized spacial score (nSPS) is 21.9. The van der Waals surface area contributed by atoms with Crippen molar-refractivity contribution in [3.8, 4) is 11.4 Å². The Morgan fingerprint density at radius 2 is 1.86 bits per heavy atom. The second-order valence-electron chi connectivity index (χ2n) is 9.09.